The van der Waals surface area contributed by atoms with Crippen LogP contribution in [-0.4, -0.2) is 29.6 Å². The number of nitrogens with one attached hydrogen (secondary N) is 1. The van der Waals surface area contributed by atoms with Gasteiger partial charge in [-0.3, -0.25) is 5.01 Å². The highest BCUT2D eigenvalue weighted by Gasteiger charge is 2.59. The molecule has 1 unspecified atom stereocenters. The molecule has 0 bridgehead atoms. The van der Waals surface area contributed by atoms with Crippen molar-refractivity contribution in [3.8, 4) is 0 Å². The van der Waals surface area contributed by atoms with Gasteiger partial charge in [0.2, 0.25) is 5.84 Å². The second-order valence-corrected chi connectivity index (χ2v) is 8.12. The number of halogens is 11. The zero-order chi connectivity index (χ0) is 25.3. The van der Waals surface area contributed by atoms with Gasteiger partial charge in [0.25, 0.3) is 0 Å². The first-order chi connectivity index (χ1) is 14.8. The summed E-state index contributed by atoms with van der Waals surface area (Å²) in [6.45, 7) is 2.52. The number of amidine groups is 1. The third-order valence-corrected chi connectivity index (χ3v) is 5.40. The van der Waals surface area contributed by atoms with E-state index in [-0.39, 0.29) is 0 Å². The van der Waals surface area contributed by atoms with Crippen LogP contribution in [0.1, 0.15) is 19.4 Å². The molecule has 0 saturated carbocycles. The summed E-state index contributed by atoms with van der Waals surface area (Å²) < 4.78 is 120. The SMILES string of the molecule is CC(C)C12N=C(C(F)(F)F)N=C(C(F)(F)F)C1=C(N)N(c1c(Cl)cc(C(F)(F)F)cc1Cl)N2. The van der Waals surface area contributed by atoms with E-state index >= 15 is 0 Å². The molecule has 33 heavy (non-hydrogen) atoms. The van der Waals surface area contributed by atoms with Gasteiger partial charge in [0.1, 0.15) is 5.82 Å². The third-order valence-electron chi connectivity index (χ3n) is 4.82. The van der Waals surface area contributed by atoms with Crippen molar-refractivity contribution in [2.75, 3.05) is 5.01 Å². The molecule has 1 aromatic carbocycles. The monoisotopic (exact) mass is 527 g/mol. The molecule has 182 valence electrons. The topological polar surface area (TPSA) is 66.0 Å². The Morgan fingerprint density at radius 2 is 1.45 bits per heavy atom. The highest BCUT2D eigenvalue weighted by molar-refractivity contribution is 6.39. The van der Waals surface area contributed by atoms with Crippen LogP contribution >= 0.6 is 23.2 Å². The Hall–Kier alpha value is -2.19. The summed E-state index contributed by atoms with van der Waals surface area (Å²) in [4.78, 5) is 6.06. The van der Waals surface area contributed by atoms with E-state index in [1.807, 2.05) is 0 Å². The van der Waals surface area contributed by atoms with Crippen molar-refractivity contribution in [2.45, 2.75) is 38.0 Å². The molecule has 2 heterocycles. The molecule has 16 heteroatoms. The van der Waals surface area contributed by atoms with Crippen LogP contribution in [0.25, 0.3) is 0 Å². The van der Waals surface area contributed by atoms with E-state index in [1.165, 1.54) is 13.8 Å². The van der Waals surface area contributed by atoms with Crippen LogP contribution in [0.15, 0.2) is 33.5 Å². The number of anilines is 1. The lowest BCUT2D eigenvalue weighted by Gasteiger charge is -2.37. The van der Waals surface area contributed by atoms with Crippen LogP contribution in [0.4, 0.5) is 45.2 Å². The van der Waals surface area contributed by atoms with E-state index in [2.05, 4.69) is 15.4 Å². The van der Waals surface area contributed by atoms with Gasteiger partial charge in [0.15, 0.2) is 11.4 Å². The van der Waals surface area contributed by atoms with Gasteiger partial charge in [0.05, 0.1) is 26.9 Å². The molecule has 2 aliphatic heterocycles. The third kappa shape index (κ3) is 4.23. The second kappa shape index (κ2) is 7.67. The van der Waals surface area contributed by atoms with E-state index in [9.17, 15) is 39.5 Å². The van der Waals surface area contributed by atoms with Crippen molar-refractivity contribution in [2.24, 2.45) is 21.6 Å². The lowest BCUT2D eigenvalue weighted by Crippen LogP contribution is -2.56. The van der Waals surface area contributed by atoms with E-state index in [4.69, 9.17) is 28.9 Å². The van der Waals surface area contributed by atoms with Crippen LogP contribution in [0.3, 0.4) is 0 Å². The minimum absolute atomic E-state index is 0.440. The molecule has 0 radical (unpaired) electrons. The van der Waals surface area contributed by atoms with Gasteiger partial charge in [-0.05, 0) is 18.1 Å². The lowest BCUT2D eigenvalue weighted by atomic mass is 9.85. The number of rotatable bonds is 2. The van der Waals surface area contributed by atoms with E-state index < -0.39 is 74.3 Å². The molecule has 0 aromatic heterocycles. The maximum absolute atomic E-state index is 13.8. The van der Waals surface area contributed by atoms with E-state index in [0.29, 0.717) is 17.1 Å². The Morgan fingerprint density at radius 1 is 0.939 bits per heavy atom. The first-order valence-electron chi connectivity index (χ1n) is 8.78. The minimum atomic E-state index is -5.39. The molecule has 3 N–H and O–H groups in total. The van der Waals surface area contributed by atoms with Gasteiger partial charge in [-0.2, -0.15) is 44.9 Å². The van der Waals surface area contributed by atoms with Crippen LogP contribution < -0.4 is 16.2 Å². The number of nitrogens with zero attached hydrogens (tertiary/aromatic N) is 3. The van der Waals surface area contributed by atoms with Gasteiger partial charge in [-0.1, -0.05) is 37.0 Å². The van der Waals surface area contributed by atoms with Crippen molar-refractivity contribution >= 4 is 40.4 Å². The summed E-state index contributed by atoms with van der Waals surface area (Å²) in [5, 5.41) is -0.799. The Morgan fingerprint density at radius 3 is 1.85 bits per heavy atom. The number of nitrogens with two attached hydrogens (primary N) is 1. The lowest BCUT2D eigenvalue weighted by molar-refractivity contribution is -0.137. The molecule has 2 aliphatic rings. The molecule has 0 fully saturated rings. The number of aliphatic imine (C=N–C) groups is 2. The van der Waals surface area contributed by atoms with Gasteiger partial charge < -0.3 is 5.73 Å². The molecule has 0 aliphatic carbocycles. The summed E-state index contributed by atoms with van der Waals surface area (Å²) in [5.41, 5.74) is 1.06. The molecule has 1 atom stereocenters. The summed E-state index contributed by atoms with van der Waals surface area (Å²) in [6, 6.07) is 0.880. The van der Waals surface area contributed by atoms with Crippen molar-refractivity contribution in [3.05, 3.63) is 39.1 Å². The zero-order valence-corrected chi connectivity index (χ0v) is 17.8. The van der Waals surface area contributed by atoms with E-state index in [1.54, 1.807) is 0 Å². The summed E-state index contributed by atoms with van der Waals surface area (Å²) in [5.74, 6) is -4.00. The molecule has 1 aromatic rings. The molecule has 3 rings (SSSR count). The first-order valence-corrected chi connectivity index (χ1v) is 9.54. The van der Waals surface area contributed by atoms with Crippen molar-refractivity contribution in [1.29, 1.82) is 0 Å². The molecular formula is C17H12Cl2F9N5. The summed E-state index contributed by atoms with van der Waals surface area (Å²) in [7, 11) is 0. The molecule has 5 nitrogen and oxygen atoms in total. The fraction of sp³-hybridized carbons (Fsp3) is 0.412. The van der Waals surface area contributed by atoms with E-state index in [0.717, 1.165) is 0 Å². The van der Waals surface area contributed by atoms with Gasteiger partial charge in [-0.25, -0.2) is 9.98 Å². The number of hydrogen-bond donors (Lipinski definition) is 2. The normalized spacial score (nSPS) is 22.1. The van der Waals surface area contributed by atoms with Crippen LogP contribution in [0.2, 0.25) is 10.0 Å². The first kappa shape index (κ1) is 25.4. The maximum Gasteiger partial charge on any atom is 0.451 e. The fourth-order valence-corrected chi connectivity index (χ4v) is 3.98. The maximum atomic E-state index is 13.8. The van der Waals surface area contributed by atoms with Gasteiger partial charge in [-0.15, -0.1) is 0 Å². The van der Waals surface area contributed by atoms with Gasteiger partial charge >= 0.3 is 18.5 Å². The zero-order valence-electron chi connectivity index (χ0n) is 16.3. The molecular weight excluding hydrogens is 516 g/mol. The number of hydrogen-bond acceptors (Lipinski definition) is 5. The summed E-state index contributed by atoms with van der Waals surface area (Å²) >= 11 is 11.8. The number of alkyl halides is 9. The Kier molecular flexibility index (Phi) is 5.91. The van der Waals surface area contributed by atoms with Gasteiger partial charge in [0, 0.05) is 0 Å². The van der Waals surface area contributed by atoms with Crippen molar-refractivity contribution in [1.82, 2.24) is 5.43 Å². The molecule has 0 saturated heterocycles. The average Bonchev–Trinajstić information content (AvgIpc) is 2.92. The van der Waals surface area contributed by atoms with Crippen molar-refractivity contribution < 1.29 is 39.5 Å². The number of benzene rings is 1. The Bertz CT molecular complexity index is 1060. The smallest absolute Gasteiger partial charge is 0.384 e. The van der Waals surface area contributed by atoms with Crippen LogP contribution in [-0.2, 0) is 6.18 Å². The highest BCUT2D eigenvalue weighted by Crippen LogP contribution is 2.48. The van der Waals surface area contributed by atoms with Crippen LogP contribution in [0, 0.1) is 5.92 Å². The predicted molar refractivity (Wildman–Crippen MR) is 103 cm³/mol. The second-order valence-electron chi connectivity index (χ2n) is 7.31. The molecule has 0 spiro atoms. The molecule has 0 amide bonds. The number of hydrazine groups is 1. The Labute approximate surface area is 189 Å². The van der Waals surface area contributed by atoms with Crippen molar-refractivity contribution in [3.63, 3.8) is 0 Å². The quantitative estimate of drug-likeness (QED) is 0.475. The number of fused-ring (bicyclic) bond motifs is 1. The van der Waals surface area contributed by atoms with Crippen LogP contribution in [0.5, 0.6) is 0 Å². The largest absolute Gasteiger partial charge is 0.451 e. The standard InChI is InChI=1S/C17H12Cl2F9N5/c1-5(2)14-9(11(16(23,24)25)30-13(31-14)17(26,27)28)12(29)33(32-14)10-7(18)3-6(4-8(10)19)15(20,21)22/h3-5,32H,29H2,1-2H3. The predicted octanol–water partition coefficient (Wildman–Crippen LogP) is 5.84. The highest BCUT2D eigenvalue weighted by atomic mass is 35.5. The minimum Gasteiger partial charge on any atom is -0.384 e. The Balaban J connectivity index is 2.30. The fourth-order valence-electron chi connectivity index (χ4n) is 3.33. The average molecular weight is 528 g/mol. The summed E-state index contributed by atoms with van der Waals surface area (Å²) in [6.07, 6.45) is -15.6.